The van der Waals surface area contributed by atoms with E-state index in [4.69, 9.17) is 4.42 Å². The van der Waals surface area contributed by atoms with Crippen molar-refractivity contribution in [1.29, 1.82) is 0 Å². The monoisotopic (exact) mass is 248 g/mol. The van der Waals surface area contributed by atoms with E-state index in [1.54, 1.807) is 12.1 Å². The van der Waals surface area contributed by atoms with E-state index in [1.165, 1.54) is 11.8 Å². The Kier molecular flexibility index (Phi) is 3.93. The summed E-state index contributed by atoms with van der Waals surface area (Å²) in [5.41, 5.74) is 0.704. The second-order valence-electron chi connectivity index (χ2n) is 3.39. The minimum absolute atomic E-state index is 0.0619. The summed E-state index contributed by atoms with van der Waals surface area (Å²) in [6.07, 6.45) is 0.709. The maximum Gasteiger partial charge on any atom is 0.277 e. The van der Waals surface area contributed by atoms with Crippen LogP contribution >= 0.6 is 11.8 Å². The predicted molar refractivity (Wildman–Crippen MR) is 65.2 cm³/mol. The first-order chi connectivity index (χ1) is 8.29. The molecule has 0 radical (unpaired) electrons. The molecule has 0 aliphatic rings. The molecule has 1 aromatic heterocycles. The molecule has 0 aliphatic heterocycles. The van der Waals surface area contributed by atoms with Gasteiger partial charge in [0, 0.05) is 12.0 Å². The lowest BCUT2D eigenvalue weighted by atomic mass is 10.2. The van der Waals surface area contributed by atoms with Crippen LogP contribution in [0.25, 0.3) is 0 Å². The maximum absolute atomic E-state index is 11.8. The predicted octanol–water partition coefficient (Wildman–Crippen LogP) is 2.61. The van der Waals surface area contributed by atoms with Gasteiger partial charge in [-0.15, -0.1) is 10.2 Å². The van der Waals surface area contributed by atoms with Crippen LogP contribution in [0.2, 0.25) is 0 Å². The second-order valence-corrected chi connectivity index (χ2v) is 4.32. The Morgan fingerprint density at radius 1 is 1.29 bits per heavy atom. The molecule has 0 N–H and O–H groups in total. The van der Waals surface area contributed by atoms with Crippen LogP contribution in [0.4, 0.5) is 0 Å². The van der Waals surface area contributed by atoms with Gasteiger partial charge in [-0.3, -0.25) is 4.79 Å². The van der Waals surface area contributed by atoms with Crippen molar-refractivity contribution in [3.8, 4) is 0 Å². The summed E-state index contributed by atoms with van der Waals surface area (Å²) in [6, 6.07) is 9.18. The average molecular weight is 248 g/mol. The van der Waals surface area contributed by atoms with E-state index in [1.807, 2.05) is 25.1 Å². The largest absolute Gasteiger partial charge is 0.416 e. The van der Waals surface area contributed by atoms with Crippen LogP contribution in [0.1, 0.15) is 23.2 Å². The number of rotatable bonds is 5. The molecule has 0 bridgehead atoms. The molecule has 0 spiro atoms. The van der Waals surface area contributed by atoms with Gasteiger partial charge in [0.2, 0.25) is 5.89 Å². The number of carbonyl (C=O) groups excluding carboxylic acids is 1. The van der Waals surface area contributed by atoms with Gasteiger partial charge in [0.15, 0.2) is 5.78 Å². The topological polar surface area (TPSA) is 56.0 Å². The lowest BCUT2D eigenvalue weighted by Crippen LogP contribution is -2.01. The zero-order valence-corrected chi connectivity index (χ0v) is 10.2. The Labute approximate surface area is 103 Å². The van der Waals surface area contributed by atoms with Gasteiger partial charge in [-0.25, -0.2) is 0 Å². The molecule has 0 saturated carbocycles. The Morgan fingerprint density at radius 3 is 2.71 bits per heavy atom. The summed E-state index contributed by atoms with van der Waals surface area (Å²) in [6.45, 7) is 1.94. The Hall–Kier alpha value is -1.62. The van der Waals surface area contributed by atoms with E-state index >= 15 is 0 Å². The van der Waals surface area contributed by atoms with Gasteiger partial charge in [0.1, 0.15) is 0 Å². The number of hydrogen-bond acceptors (Lipinski definition) is 5. The molecule has 1 aromatic carbocycles. The van der Waals surface area contributed by atoms with Gasteiger partial charge in [-0.1, -0.05) is 49.0 Å². The van der Waals surface area contributed by atoms with Gasteiger partial charge in [-0.05, 0) is 0 Å². The quantitative estimate of drug-likeness (QED) is 0.601. The van der Waals surface area contributed by atoms with E-state index in [-0.39, 0.29) is 5.78 Å². The lowest BCUT2D eigenvalue weighted by molar-refractivity contribution is 0.102. The highest BCUT2D eigenvalue weighted by molar-refractivity contribution is 7.99. The number of ketones is 1. The van der Waals surface area contributed by atoms with E-state index in [9.17, 15) is 4.79 Å². The fourth-order valence-electron chi connectivity index (χ4n) is 1.27. The third-order valence-corrected chi connectivity index (χ3v) is 2.99. The van der Waals surface area contributed by atoms with Crippen molar-refractivity contribution >= 4 is 17.5 Å². The minimum atomic E-state index is 0.0619. The molecule has 0 fully saturated rings. The highest BCUT2D eigenvalue weighted by atomic mass is 32.2. The molecular weight excluding hydrogens is 236 g/mol. The fraction of sp³-hybridized carbons (Fsp3) is 0.250. The van der Waals surface area contributed by atoms with E-state index in [0.717, 1.165) is 0 Å². The van der Waals surface area contributed by atoms with Gasteiger partial charge >= 0.3 is 0 Å². The summed E-state index contributed by atoms with van der Waals surface area (Å²) >= 11 is 1.27. The smallest absolute Gasteiger partial charge is 0.277 e. The van der Waals surface area contributed by atoms with Crippen molar-refractivity contribution in [1.82, 2.24) is 10.2 Å². The third-order valence-electron chi connectivity index (χ3n) is 2.17. The molecular formula is C12H12N2O2S. The summed E-state index contributed by atoms with van der Waals surface area (Å²) in [7, 11) is 0. The molecule has 0 atom stereocenters. The van der Waals surface area contributed by atoms with Crippen LogP contribution < -0.4 is 0 Å². The zero-order chi connectivity index (χ0) is 12.1. The van der Waals surface area contributed by atoms with Crippen LogP contribution in [0.15, 0.2) is 40.0 Å². The van der Waals surface area contributed by atoms with Crippen LogP contribution in [0.5, 0.6) is 0 Å². The normalized spacial score (nSPS) is 10.4. The summed E-state index contributed by atoms with van der Waals surface area (Å²) in [5, 5.41) is 8.13. The number of carbonyl (C=O) groups is 1. The second kappa shape index (κ2) is 5.63. The molecule has 2 rings (SSSR count). The molecule has 2 aromatic rings. The van der Waals surface area contributed by atoms with Crippen LogP contribution in [-0.2, 0) is 6.42 Å². The van der Waals surface area contributed by atoms with E-state index in [2.05, 4.69) is 10.2 Å². The molecule has 17 heavy (non-hydrogen) atoms. The van der Waals surface area contributed by atoms with E-state index < -0.39 is 0 Å². The molecule has 0 saturated heterocycles. The zero-order valence-electron chi connectivity index (χ0n) is 9.42. The maximum atomic E-state index is 11.8. The molecule has 1 heterocycles. The summed E-state index contributed by atoms with van der Waals surface area (Å²) in [5.74, 6) is 0.974. The number of thioether (sulfide) groups is 1. The number of aromatic nitrogens is 2. The van der Waals surface area contributed by atoms with E-state index in [0.29, 0.717) is 28.9 Å². The van der Waals surface area contributed by atoms with Crippen molar-refractivity contribution in [2.24, 2.45) is 0 Å². The Morgan fingerprint density at radius 2 is 2.06 bits per heavy atom. The first kappa shape index (κ1) is 11.9. The molecule has 0 aliphatic carbocycles. The van der Waals surface area contributed by atoms with Crippen LogP contribution in [0.3, 0.4) is 0 Å². The first-order valence-corrected chi connectivity index (χ1v) is 6.31. The number of nitrogens with zero attached hydrogens (tertiary/aromatic N) is 2. The number of Topliss-reactive ketones (excluding diaryl/α,β-unsaturated/α-hetero) is 1. The summed E-state index contributed by atoms with van der Waals surface area (Å²) < 4.78 is 5.31. The van der Waals surface area contributed by atoms with Gasteiger partial charge in [0.25, 0.3) is 5.22 Å². The minimum Gasteiger partial charge on any atom is -0.416 e. The average Bonchev–Trinajstić information content (AvgIpc) is 2.85. The summed E-state index contributed by atoms with van der Waals surface area (Å²) in [4.78, 5) is 11.8. The number of benzene rings is 1. The first-order valence-electron chi connectivity index (χ1n) is 5.33. The number of hydrogen-bond donors (Lipinski definition) is 0. The van der Waals surface area contributed by atoms with Crippen LogP contribution in [-0.4, -0.2) is 21.7 Å². The molecule has 0 unspecified atom stereocenters. The van der Waals surface area contributed by atoms with Crippen molar-refractivity contribution in [2.75, 3.05) is 5.75 Å². The SMILES string of the molecule is CCc1nnc(SCC(=O)c2ccccc2)o1. The molecule has 5 heteroatoms. The standard InChI is InChI=1S/C12H12N2O2S/c1-2-11-13-14-12(16-11)17-8-10(15)9-6-4-3-5-7-9/h3-7H,2,8H2,1H3. The van der Waals surface area contributed by atoms with Gasteiger partial charge < -0.3 is 4.42 Å². The van der Waals surface area contributed by atoms with Gasteiger partial charge in [0.05, 0.1) is 5.75 Å². The third kappa shape index (κ3) is 3.17. The van der Waals surface area contributed by atoms with Crippen molar-refractivity contribution in [3.05, 3.63) is 41.8 Å². The molecule has 4 nitrogen and oxygen atoms in total. The number of aryl methyl sites for hydroxylation is 1. The highest BCUT2D eigenvalue weighted by Crippen LogP contribution is 2.17. The Bertz CT molecular complexity index is 496. The van der Waals surface area contributed by atoms with Crippen molar-refractivity contribution in [2.45, 2.75) is 18.6 Å². The van der Waals surface area contributed by atoms with Gasteiger partial charge in [-0.2, -0.15) is 0 Å². The molecule has 0 amide bonds. The molecule has 88 valence electrons. The fourth-order valence-corrected chi connectivity index (χ4v) is 1.95. The lowest BCUT2D eigenvalue weighted by Gasteiger charge is -1.97. The highest BCUT2D eigenvalue weighted by Gasteiger charge is 2.09. The van der Waals surface area contributed by atoms with Crippen molar-refractivity contribution in [3.63, 3.8) is 0 Å². The Balaban J connectivity index is 1.92. The van der Waals surface area contributed by atoms with Crippen LogP contribution in [0, 0.1) is 0 Å². The van der Waals surface area contributed by atoms with Crippen molar-refractivity contribution < 1.29 is 9.21 Å².